The molecule has 0 heterocycles. The van der Waals surface area contributed by atoms with Gasteiger partial charge >= 0.3 is 0 Å². The molecule has 0 N–H and O–H groups in total. The summed E-state index contributed by atoms with van der Waals surface area (Å²) in [6.07, 6.45) is 7.52. The van der Waals surface area contributed by atoms with Crippen LogP contribution < -0.4 is 0 Å². The summed E-state index contributed by atoms with van der Waals surface area (Å²) in [6.45, 7) is 8.78. The van der Waals surface area contributed by atoms with E-state index in [1.54, 1.807) is 0 Å². The summed E-state index contributed by atoms with van der Waals surface area (Å²) in [4.78, 5) is 0. The molecule has 0 nitrogen and oxygen atoms in total. The minimum Gasteiger partial charge on any atom is -0.103 e. The van der Waals surface area contributed by atoms with E-state index < -0.39 is 8.07 Å². The van der Waals surface area contributed by atoms with Crippen molar-refractivity contribution in [3.63, 3.8) is 0 Å². The fraction of sp³-hybridized carbons (Fsp3) is 0.238. The molecular formula is C21H26Si. The zero-order valence-electron chi connectivity index (χ0n) is 13.7. The molecule has 0 unspecified atom stereocenters. The summed E-state index contributed by atoms with van der Waals surface area (Å²) in [7, 11) is -1.49. The van der Waals surface area contributed by atoms with E-state index in [1.807, 2.05) is 6.08 Å². The second kappa shape index (κ2) is 7.95. The Kier molecular flexibility index (Phi) is 5.97. The molecule has 0 fully saturated rings. The van der Waals surface area contributed by atoms with Crippen molar-refractivity contribution in [3.05, 3.63) is 96.6 Å². The largest absolute Gasteiger partial charge is 0.103 e. The van der Waals surface area contributed by atoms with Crippen LogP contribution in [0, 0.1) is 0 Å². The average Bonchev–Trinajstić information content (AvgIpc) is 2.54. The first-order chi connectivity index (χ1) is 10.6. The summed E-state index contributed by atoms with van der Waals surface area (Å²) in [5, 5.41) is 0. The highest BCUT2D eigenvalue weighted by atomic mass is 28.3. The number of allylic oxidation sites excluding steroid dienone is 3. The van der Waals surface area contributed by atoms with E-state index in [9.17, 15) is 0 Å². The van der Waals surface area contributed by atoms with Crippen molar-refractivity contribution >= 4 is 8.07 Å². The Morgan fingerprint density at radius 2 is 1.36 bits per heavy atom. The van der Waals surface area contributed by atoms with Crippen molar-refractivity contribution in [2.45, 2.75) is 31.1 Å². The topological polar surface area (TPSA) is 0 Å². The molecule has 2 aromatic carbocycles. The molecule has 0 amide bonds. The molecule has 0 atom stereocenters. The van der Waals surface area contributed by atoms with E-state index in [-0.39, 0.29) is 0 Å². The Balaban J connectivity index is 2.34. The van der Waals surface area contributed by atoms with Crippen LogP contribution in [0.3, 0.4) is 0 Å². The SMILES string of the molecule is C=CC/C=C/C[Si](C)(C)C(c1ccccc1)c1ccccc1. The third-order valence-electron chi connectivity index (χ3n) is 4.16. The molecule has 1 heteroatoms. The molecule has 22 heavy (non-hydrogen) atoms. The Hall–Kier alpha value is -1.86. The van der Waals surface area contributed by atoms with Gasteiger partial charge in [0.05, 0.1) is 8.07 Å². The van der Waals surface area contributed by atoms with Crippen LogP contribution in [0.1, 0.15) is 23.1 Å². The van der Waals surface area contributed by atoms with Gasteiger partial charge in [-0.1, -0.05) is 92.0 Å². The second-order valence-corrected chi connectivity index (χ2v) is 11.4. The lowest BCUT2D eigenvalue weighted by molar-refractivity contribution is 1.06. The Morgan fingerprint density at radius 3 is 1.82 bits per heavy atom. The molecular weight excluding hydrogens is 280 g/mol. The predicted octanol–water partition coefficient (Wildman–Crippen LogP) is 6.20. The highest BCUT2D eigenvalue weighted by molar-refractivity contribution is 6.79. The number of benzene rings is 2. The molecule has 0 radical (unpaired) electrons. The van der Waals surface area contributed by atoms with Crippen molar-refractivity contribution in [2.24, 2.45) is 0 Å². The highest BCUT2D eigenvalue weighted by Gasteiger charge is 2.32. The summed E-state index contributed by atoms with van der Waals surface area (Å²) < 4.78 is 0. The zero-order valence-corrected chi connectivity index (χ0v) is 14.7. The molecule has 0 aliphatic rings. The predicted molar refractivity (Wildman–Crippen MR) is 101 cm³/mol. The van der Waals surface area contributed by atoms with E-state index in [1.165, 1.54) is 17.2 Å². The van der Waals surface area contributed by atoms with Gasteiger partial charge in [0.15, 0.2) is 0 Å². The van der Waals surface area contributed by atoms with Crippen LogP contribution in [-0.2, 0) is 0 Å². The average molecular weight is 307 g/mol. The van der Waals surface area contributed by atoms with Crippen LogP contribution >= 0.6 is 0 Å². The van der Waals surface area contributed by atoms with Crippen molar-refractivity contribution in [1.29, 1.82) is 0 Å². The van der Waals surface area contributed by atoms with E-state index >= 15 is 0 Å². The van der Waals surface area contributed by atoms with Gasteiger partial charge in [-0.2, -0.15) is 0 Å². The summed E-state index contributed by atoms with van der Waals surface area (Å²) >= 11 is 0. The van der Waals surface area contributed by atoms with E-state index in [2.05, 4.69) is 92.5 Å². The maximum Gasteiger partial charge on any atom is 0.0640 e. The first-order valence-corrected chi connectivity index (χ1v) is 11.3. The van der Waals surface area contributed by atoms with Gasteiger partial charge in [0.25, 0.3) is 0 Å². The fourth-order valence-corrected chi connectivity index (χ4v) is 6.28. The molecule has 0 aliphatic carbocycles. The van der Waals surface area contributed by atoms with Gasteiger partial charge < -0.3 is 0 Å². The Bertz CT molecular complexity index is 557. The third kappa shape index (κ3) is 4.31. The molecule has 0 saturated carbocycles. The van der Waals surface area contributed by atoms with Crippen LogP contribution in [0.2, 0.25) is 19.1 Å². The monoisotopic (exact) mass is 306 g/mol. The molecule has 0 aliphatic heterocycles. The lowest BCUT2D eigenvalue weighted by atomic mass is 10.0. The number of rotatable bonds is 7. The normalized spacial score (nSPS) is 12.0. The van der Waals surface area contributed by atoms with Crippen molar-refractivity contribution < 1.29 is 0 Å². The Labute approximate surface area is 136 Å². The van der Waals surface area contributed by atoms with E-state index in [0.717, 1.165) is 6.42 Å². The molecule has 114 valence electrons. The van der Waals surface area contributed by atoms with Gasteiger partial charge in [-0.3, -0.25) is 0 Å². The number of hydrogen-bond donors (Lipinski definition) is 0. The first-order valence-electron chi connectivity index (χ1n) is 8.01. The Morgan fingerprint density at radius 1 is 0.864 bits per heavy atom. The van der Waals surface area contributed by atoms with Gasteiger partial charge in [-0.15, -0.1) is 6.58 Å². The lowest BCUT2D eigenvalue weighted by Crippen LogP contribution is -2.35. The first kappa shape index (κ1) is 16.5. The molecule has 0 aromatic heterocycles. The van der Waals surface area contributed by atoms with Gasteiger partial charge in [0.2, 0.25) is 0 Å². The fourth-order valence-electron chi connectivity index (χ4n) is 3.08. The third-order valence-corrected chi connectivity index (χ3v) is 7.68. The minimum atomic E-state index is -1.49. The van der Waals surface area contributed by atoms with Crippen LogP contribution in [-0.4, -0.2) is 8.07 Å². The van der Waals surface area contributed by atoms with Crippen LogP contribution in [0.4, 0.5) is 0 Å². The van der Waals surface area contributed by atoms with Crippen molar-refractivity contribution in [1.82, 2.24) is 0 Å². The van der Waals surface area contributed by atoms with Crippen molar-refractivity contribution in [2.75, 3.05) is 0 Å². The molecule has 0 bridgehead atoms. The quantitative estimate of drug-likeness (QED) is 0.422. The molecule has 2 rings (SSSR count). The smallest absolute Gasteiger partial charge is 0.0640 e. The second-order valence-electron chi connectivity index (χ2n) is 6.44. The lowest BCUT2D eigenvalue weighted by Gasteiger charge is -2.33. The van der Waals surface area contributed by atoms with Gasteiger partial charge in [0, 0.05) is 5.54 Å². The maximum absolute atomic E-state index is 3.79. The van der Waals surface area contributed by atoms with Crippen LogP contribution in [0.25, 0.3) is 0 Å². The molecule has 0 saturated heterocycles. The van der Waals surface area contributed by atoms with Crippen LogP contribution in [0.5, 0.6) is 0 Å². The van der Waals surface area contributed by atoms with Gasteiger partial charge in [0.1, 0.15) is 0 Å². The summed E-state index contributed by atoms with van der Waals surface area (Å²) in [5.41, 5.74) is 3.42. The summed E-state index contributed by atoms with van der Waals surface area (Å²) in [6, 6.07) is 23.1. The standard InChI is InChI=1S/C21H26Si/c1-4-5-6-13-18-22(2,3)21(19-14-9-7-10-15-19)20-16-11-8-12-17-20/h4,6-17,21H,1,5,18H2,2-3H3/b13-6+. The number of hydrogen-bond acceptors (Lipinski definition) is 0. The highest BCUT2D eigenvalue weighted by Crippen LogP contribution is 2.36. The van der Waals surface area contributed by atoms with E-state index in [4.69, 9.17) is 0 Å². The van der Waals surface area contributed by atoms with Gasteiger partial charge in [-0.25, -0.2) is 0 Å². The van der Waals surface area contributed by atoms with Crippen molar-refractivity contribution in [3.8, 4) is 0 Å². The summed E-state index contributed by atoms with van der Waals surface area (Å²) in [5.74, 6) is 0. The molecule has 2 aromatic rings. The maximum atomic E-state index is 3.79. The van der Waals surface area contributed by atoms with Crippen LogP contribution in [0.15, 0.2) is 85.5 Å². The van der Waals surface area contributed by atoms with Gasteiger partial charge in [-0.05, 0) is 23.6 Å². The zero-order chi connectivity index (χ0) is 15.8. The van der Waals surface area contributed by atoms with E-state index in [0.29, 0.717) is 5.54 Å². The minimum absolute atomic E-state index is 0.531. The molecule has 0 spiro atoms.